The molecular weight excluding hydrogens is 401 g/mol. The maximum atomic E-state index is 13.3. The molecule has 0 aliphatic carbocycles. The minimum Gasteiger partial charge on any atom is -0.334 e. The number of aromatic nitrogens is 1. The van der Waals surface area contributed by atoms with E-state index in [9.17, 15) is 14.0 Å². The van der Waals surface area contributed by atoms with Crippen LogP contribution in [0.1, 0.15) is 34.7 Å². The highest BCUT2D eigenvalue weighted by Crippen LogP contribution is 2.27. The number of piperazine rings is 1. The van der Waals surface area contributed by atoms with Crippen molar-refractivity contribution in [2.45, 2.75) is 26.4 Å². The van der Waals surface area contributed by atoms with Crippen molar-refractivity contribution < 1.29 is 14.0 Å². The third kappa shape index (κ3) is 3.77. The Morgan fingerprint density at radius 1 is 1.17 bits per heavy atom. The van der Waals surface area contributed by atoms with Crippen LogP contribution in [0.3, 0.4) is 0 Å². The Hall–Kier alpha value is -2.93. The smallest absolute Gasteiger partial charge is 0.270 e. The van der Waals surface area contributed by atoms with Gasteiger partial charge in [-0.05, 0) is 55.6 Å². The number of benzene rings is 1. The average molecular weight is 426 g/mol. The van der Waals surface area contributed by atoms with Crippen LogP contribution in [0.5, 0.6) is 0 Å². The average Bonchev–Trinajstić information content (AvgIpc) is 3.33. The summed E-state index contributed by atoms with van der Waals surface area (Å²) >= 11 is 1.63. The molecule has 0 radical (unpaired) electrons. The highest BCUT2D eigenvalue weighted by Gasteiger charge is 2.32. The molecule has 156 valence electrons. The van der Waals surface area contributed by atoms with Gasteiger partial charge in [0.05, 0.1) is 0 Å². The summed E-state index contributed by atoms with van der Waals surface area (Å²) in [6, 6.07) is 9.46. The molecule has 7 heteroatoms. The summed E-state index contributed by atoms with van der Waals surface area (Å²) in [6.07, 6.45) is 4.02. The Morgan fingerprint density at radius 2 is 1.93 bits per heavy atom. The number of carbonyl (C=O) groups is 2. The quantitative estimate of drug-likeness (QED) is 0.582. The summed E-state index contributed by atoms with van der Waals surface area (Å²) in [5, 5.41) is 3.11. The van der Waals surface area contributed by atoms with Gasteiger partial charge >= 0.3 is 0 Å². The van der Waals surface area contributed by atoms with E-state index >= 15 is 0 Å². The Bertz CT molecular complexity index is 1100. The molecule has 1 aliphatic rings. The largest absolute Gasteiger partial charge is 0.334 e. The van der Waals surface area contributed by atoms with Gasteiger partial charge in [0.25, 0.3) is 11.8 Å². The zero-order valence-corrected chi connectivity index (χ0v) is 17.9. The standard InChI is InChI=1S/C23H24FN3O2S/c1-3-4-10-27-20(14-18-9-13-30-23(18)27)22(29)25-11-12-26(16(2)15-25)21(28)17-5-7-19(24)8-6-17/h3-9,13-14,16H,10-12,15H2,1-2H3/b4-3-/t16-/m0/s1. The highest BCUT2D eigenvalue weighted by molar-refractivity contribution is 7.16. The van der Waals surface area contributed by atoms with E-state index in [-0.39, 0.29) is 23.7 Å². The van der Waals surface area contributed by atoms with Crippen LogP contribution in [0.2, 0.25) is 0 Å². The van der Waals surface area contributed by atoms with Gasteiger partial charge in [-0.1, -0.05) is 12.2 Å². The molecule has 2 amide bonds. The minimum absolute atomic E-state index is 0.0105. The number of hydrogen-bond acceptors (Lipinski definition) is 3. The van der Waals surface area contributed by atoms with Crippen LogP contribution in [-0.4, -0.2) is 51.9 Å². The Kier molecular flexibility index (Phi) is 5.72. The van der Waals surface area contributed by atoms with Crippen molar-refractivity contribution in [1.82, 2.24) is 14.4 Å². The van der Waals surface area contributed by atoms with Crippen molar-refractivity contribution in [3.8, 4) is 0 Å². The number of hydrogen-bond donors (Lipinski definition) is 0. The fraction of sp³-hybridized carbons (Fsp3) is 0.304. The van der Waals surface area contributed by atoms with Gasteiger partial charge in [-0.15, -0.1) is 11.3 Å². The number of nitrogens with zero attached hydrogens (tertiary/aromatic N) is 3. The minimum atomic E-state index is -0.365. The second kappa shape index (κ2) is 8.44. The summed E-state index contributed by atoms with van der Waals surface area (Å²) in [7, 11) is 0. The SMILES string of the molecule is C/C=C\Cn1c(C(=O)N2CCN(C(=O)c3ccc(F)cc3)[C@@H](C)C2)cc2ccsc21. The van der Waals surface area contributed by atoms with Gasteiger partial charge < -0.3 is 14.4 Å². The van der Waals surface area contributed by atoms with Gasteiger partial charge in [0, 0.05) is 43.2 Å². The molecule has 0 unspecified atom stereocenters. The molecule has 1 aromatic carbocycles. The first-order chi connectivity index (χ1) is 14.5. The number of amides is 2. The van der Waals surface area contributed by atoms with E-state index in [0.29, 0.717) is 37.4 Å². The molecule has 3 aromatic rings. The maximum Gasteiger partial charge on any atom is 0.270 e. The summed E-state index contributed by atoms with van der Waals surface area (Å²) in [4.78, 5) is 30.8. The fourth-order valence-corrected chi connectivity index (χ4v) is 4.82. The summed E-state index contributed by atoms with van der Waals surface area (Å²) < 4.78 is 15.2. The normalized spacial score (nSPS) is 17.2. The molecule has 3 heterocycles. The van der Waals surface area contributed by atoms with Crippen LogP contribution in [0.15, 0.2) is 53.9 Å². The number of carbonyl (C=O) groups excluding carboxylic acids is 2. The monoisotopic (exact) mass is 425 g/mol. The molecule has 0 bridgehead atoms. The van der Waals surface area contributed by atoms with Gasteiger partial charge in [0.2, 0.25) is 0 Å². The van der Waals surface area contributed by atoms with Crippen LogP contribution in [0.25, 0.3) is 10.2 Å². The molecule has 1 aliphatic heterocycles. The molecule has 0 saturated carbocycles. The summed E-state index contributed by atoms with van der Waals surface area (Å²) in [5.41, 5.74) is 1.14. The Morgan fingerprint density at radius 3 is 2.63 bits per heavy atom. The van der Waals surface area contributed by atoms with Gasteiger partial charge in [-0.25, -0.2) is 4.39 Å². The fourth-order valence-electron chi connectivity index (χ4n) is 3.91. The van der Waals surface area contributed by atoms with Crippen molar-refractivity contribution in [2.24, 2.45) is 0 Å². The van der Waals surface area contributed by atoms with Crippen molar-refractivity contribution in [2.75, 3.05) is 19.6 Å². The molecule has 0 spiro atoms. The van der Waals surface area contributed by atoms with Crippen molar-refractivity contribution in [3.63, 3.8) is 0 Å². The first-order valence-corrected chi connectivity index (χ1v) is 10.9. The molecule has 4 rings (SSSR count). The second-order valence-electron chi connectivity index (χ2n) is 7.50. The lowest BCUT2D eigenvalue weighted by Crippen LogP contribution is -2.55. The highest BCUT2D eigenvalue weighted by atomic mass is 32.1. The topological polar surface area (TPSA) is 45.6 Å². The van der Waals surface area contributed by atoms with E-state index < -0.39 is 0 Å². The summed E-state index contributed by atoms with van der Waals surface area (Å²) in [6.45, 7) is 5.95. The third-order valence-corrected chi connectivity index (χ3v) is 6.46. The molecule has 5 nitrogen and oxygen atoms in total. The predicted molar refractivity (Wildman–Crippen MR) is 117 cm³/mol. The van der Waals surface area contributed by atoms with E-state index in [2.05, 4.69) is 4.57 Å². The lowest BCUT2D eigenvalue weighted by molar-refractivity contribution is 0.0409. The molecule has 2 aromatic heterocycles. The van der Waals surface area contributed by atoms with Gasteiger partial charge in [-0.3, -0.25) is 9.59 Å². The van der Waals surface area contributed by atoms with Crippen LogP contribution in [0, 0.1) is 5.82 Å². The molecule has 0 N–H and O–H groups in total. The van der Waals surface area contributed by atoms with Crippen LogP contribution in [0.4, 0.5) is 4.39 Å². The van der Waals surface area contributed by atoms with Gasteiger partial charge in [0.1, 0.15) is 16.3 Å². The molecule has 1 atom stereocenters. The zero-order chi connectivity index (χ0) is 21.3. The van der Waals surface area contributed by atoms with Gasteiger partial charge in [-0.2, -0.15) is 0 Å². The van der Waals surface area contributed by atoms with Crippen LogP contribution >= 0.6 is 11.3 Å². The maximum absolute atomic E-state index is 13.3. The van der Waals surface area contributed by atoms with Crippen molar-refractivity contribution in [1.29, 1.82) is 0 Å². The Balaban J connectivity index is 1.51. The van der Waals surface area contributed by atoms with E-state index in [1.165, 1.54) is 24.3 Å². The van der Waals surface area contributed by atoms with Crippen molar-refractivity contribution in [3.05, 3.63) is 71.0 Å². The number of rotatable bonds is 4. The van der Waals surface area contributed by atoms with E-state index in [4.69, 9.17) is 0 Å². The molecule has 30 heavy (non-hydrogen) atoms. The number of allylic oxidation sites excluding steroid dienone is 2. The third-order valence-electron chi connectivity index (χ3n) is 5.51. The number of fused-ring (bicyclic) bond motifs is 1. The lowest BCUT2D eigenvalue weighted by Gasteiger charge is -2.40. The first kappa shape index (κ1) is 20.3. The molecule has 1 saturated heterocycles. The Labute approximate surface area is 179 Å². The predicted octanol–water partition coefficient (Wildman–Crippen LogP) is 4.40. The number of halogens is 1. The van der Waals surface area contributed by atoms with Crippen LogP contribution in [-0.2, 0) is 6.54 Å². The van der Waals surface area contributed by atoms with E-state index in [0.717, 1.165) is 10.2 Å². The number of thiophene rings is 1. The molecular formula is C23H24FN3O2S. The lowest BCUT2D eigenvalue weighted by atomic mass is 10.1. The zero-order valence-electron chi connectivity index (χ0n) is 17.0. The van der Waals surface area contributed by atoms with Crippen LogP contribution < -0.4 is 0 Å². The van der Waals surface area contributed by atoms with E-state index in [1.54, 1.807) is 16.2 Å². The summed E-state index contributed by atoms with van der Waals surface area (Å²) in [5.74, 6) is -0.508. The van der Waals surface area contributed by atoms with Gasteiger partial charge in [0.15, 0.2) is 0 Å². The molecule has 1 fully saturated rings. The van der Waals surface area contributed by atoms with E-state index in [1.807, 2.05) is 48.4 Å². The first-order valence-electron chi connectivity index (χ1n) is 10.0. The van der Waals surface area contributed by atoms with Crippen molar-refractivity contribution >= 4 is 33.4 Å². The second-order valence-corrected chi connectivity index (χ2v) is 8.39.